The Morgan fingerprint density at radius 2 is 2.00 bits per heavy atom. The van der Waals surface area contributed by atoms with Crippen LogP contribution in [0.2, 0.25) is 0 Å². The second-order valence-electron chi connectivity index (χ2n) is 3.90. The van der Waals surface area contributed by atoms with Gasteiger partial charge in [-0.05, 0) is 18.9 Å². The van der Waals surface area contributed by atoms with Crippen LogP contribution >= 0.6 is 11.3 Å². The van der Waals surface area contributed by atoms with E-state index in [4.69, 9.17) is 5.11 Å². The van der Waals surface area contributed by atoms with Crippen LogP contribution in [-0.2, 0) is 16.6 Å². The highest BCUT2D eigenvalue weighted by molar-refractivity contribution is 7.89. The highest BCUT2D eigenvalue weighted by atomic mass is 32.2. The molecule has 1 aromatic rings. The van der Waals surface area contributed by atoms with Crippen LogP contribution in [0.15, 0.2) is 16.3 Å². The topological polar surface area (TPSA) is 57.6 Å². The molecule has 0 aromatic carbocycles. The van der Waals surface area contributed by atoms with E-state index in [9.17, 15) is 8.42 Å². The normalized spacial score (nSPS) is 12.6. The van der Waals surface area contributed by atoms with Gasteiger partial charge < -0.3 is 5.11 Å². The molecule has 1 aromatic heterocycles. The van der Waals surface area contributed by atoms with Crippen LogP contribution in [0.4, 0.5) is 0 Å². The molecule has 0 aliphatic carbocycles. The molecule has 0 amide bonds. The molecule has 1 N–H and O–H groups in total. The number of hydrogen-bond donors (Lipinski definition) is 1. The van der Waals surface area contributed by atoms with Crippen molar-refractivity contribution in [1.29, 1.82) is 0 Å². The first kappa shape index (κ1) is 14.6. The molecule has 0 atom stereocenters. The molecule has 0 aliphatic heterocycles. The van der Waals surface area contributed by atoms with E-state index < -0.39 is 10.0 Å². The van der Waals surface area contributed by atoms with Crippen molar-refractivity contribution in [3.8, 4) is 0 Å². The Morgan fingerprint density at radius 1 is 1.41 bits per heavy atom. The minimum atomic E-state index is -3.42. The molecule has 98 valence electrons. The van der Waals surface area contributed by atoms with Gasteiger partial charge in [0.15, 0.2) is 0 Å². The Labute approximate surface area is 107 Å². The molecule has 0 bridgehead atoms. The number of rotatable bonds is 6. The fraction of sp³-hybridized carbons (Fsp3) is 0.636. The van der Waals surface area contributed by atoms with E-state index in [1.165, 1.54) is 15.6 Å². The average molecular weight is 277 g/mol. The predicted octanol–water partition coefficient (Wildman–Crippen LogP) is 2.05. The van der Waals surface area contributed by atoms with Gasteiger partial charge in [-0.1, -0.05) is 13.8 Å². The van der Waals surface area contributed by atoms with Crippen molar-refractivity contribution in [3.63, 3.8) is 0 Å². The summed E-state index contributed by atoms with van der Waals surface area (Å²) in [5, 5.41) is 10.5. The van der Waals surface area contributed by atoms with Crippen LogP contribution in [0, 0.1) is 0 Å². The minimum Gasteiger partial charge on any atom is -0.391 e. The largest absolute Gasteiger partial charge is 0.391 e. The summed E-state index contributed by atoms with van der Waals surface area (Å²) in [6, 6.07) is 1.57. The summed E-state index contributed by atoms with van der Waals surface area (Å²) in [5.74, 6) is 0. The lowest BCUT2D eigenvalue weighted by atomic mass is 10.2. The van der Waals surface area contributed by atoms with Gasteiger partial charge in [0.2, 0.25) is 10.0 Å². The smallest absolute Gasteiger partial charge is 0.243 e. The summed E-state index contributed by atoms with van der Waals surface area (Å²) in [6.07, 6.45) is 1.59. The first-order chi connectivity index (χ1) is 7.97. The third kappa shape index (κ3) is 3.07. The van der Waals surface area contributed by atoms with Crippen molar-refractivity contribution >= 4 is 21.4 Å². The highest BCUT2D eigenvalue weighted by Gasteiger charge is 2.26. The van der Waals surface area contributed by atoms with Crippen LogP contribution in [0.1, 0.15) is 31.6 Å². The molecule has 1 rings (SSSR count). The first-order valence-corrected chi connectivity index (χ1v) is 7.95. The maximum absolute atomic E-state index is 12.3. The van der Waals surface area contributed by atoms with Crippen LogP contribution in [0.5, 0.6) is 0 Å². The molecule has 6 heteroatoms. The van der Waals surface area contributed by atoms with Crippen molar-refractivity contribution < 1.29 is 13.5 Å². The molecule has 0 radical (unpaired) electrons. The van der Waals surface area contributed by atoms with E-state index in [2.05, 4.69) is 0 Å². The molecule has 0 saturated carbocycles. The molecule has 0 unspecified atom stereocenters. The molecule has 0 spiro atoms. The van der Waals surface area contributed by atoms with Gasteiger partial charge in [0.05, 0.1) is 11.5 Å². The number of sulfonamides is 1. The van der Waals surface area contributed by atoms with E-state index in [1.54, 1.807) is 18.5 Å². The fourth-order valence-corrected chi connectivity index (χ4v) is 4.37. The van der Waals surface area contributed by atoms with Gasteiger partial charge in [-0.25, -0.2) is 8.42 Å². The van der Waals surface area contributed by atoms with Crippen LogP contribution in [0.3, 0.4) is 0 Å². The van der Waals surface area contributed by atoms with Gasteiger partial charge in [-0.3, -0.25) is 0 Å². The van der Waals surface area contributed by atoms with Crippen LogP contribution in [0.25, 0.3) is 0 Å². The second kappa shape index (κ2) is 5.95. The monoisotopic (exact) mass is 277 g/mol. The van der Waals surface area contributed by atoms with Crippen molar-refractivity contribution in [3.05, 3.63) is 16.3 Å². The molecule has 4 nitrogen and oxygen atoms in total. The maximum atomic E-state index is 12.3. The van der Waals surface area contributed by atoms with Crippen molar-refractivity contribution in [1.82, 2.24) is 4.31 Å². The summed E-state index contributed by atoms with van der Waals surface area (Å²) in [4.78, 5) is 0.947. The quantitative estimate of drug-likeness (QED) is 0.866. The van der Waals surface area contributed by atoms with Crippen LogP contribution in [-0.4, -0.2) is 30.9 Å². The van der Waals surface area contributed by atoms with Gasteiger partial charge in [0.1, 0.15) is 0 Å². The predicted molar refractivity (Wildman–Crippen MR) is 69.6 cm³/mol. The lowest BCUT2D eigenvalue weighted by molar-refractivity contribution is 0.285. The molecule has 0 aliphatic rings. The van der Waals surface area contributed by atoms with Crippen molar-refractivity contribution in [2.24, 2.45) is 0 Å². The van der Waals surface area contributed by atoms with E-state index >= 15 is 0 Å². The summed E-state index contributed by atoms with van der Waals surface area (Å²) in [6.45, 7) is 3.84. The Bertz CT molecular complexity index is 449. The van der Waals surface area contributed by atoms with Gasteiger partial charge in [0, 0.05) is 23.3 Å². The zero-order chi connectivity index (χ0) is 13.1. The average Bonchev–Trinajstić information content (AvgIpc) is 2.79. The first-order valence-electron chi connectivity index (χ1n) is 5.63. The SMILES string of the molecule is CCC(CC)N(C)S(=O)(=O)c1csc(CO)c1. The lowest BCUT2D eigenvalue weighted by Crippen LogP contribution is -2.36. The van der Waals surface area contributed by atoms with Crippen LogP contribution < -0.4 is 0 Å². The minimum absolute atomic E-state index is 0.0254. The molecule has 0 fully saturated rings. The number of nitrogens with zero attached hydrogens (tertiary/aromatic N) is 1. The third-order valence-corrected chi connectivity index (χ3v) is 5.88. The summed E-state index contributed by atoms with van der Waals surface area (Å²) < 4.78 is 26.0. The zero-order valence-corrected chi connectivity index (χ0v) is 12.0. The van der Waals surface area contributed by atoms with E-state index in [0.717, 1.165) is 12.8 Å². The fourth-order valence-electron chi connectivity index (χ4n) is 1.74. The molecule has 17 heavy (non-hydrogen) atoms. The number of hydrogen-bond acceptors (Lipinski definition) is 4. The molecule has 0 saturated heterocycles. The number of aliphatic hydroxyl groups is 1. The maximum Gasteiger partial charge on any atom is 0.243 e. The molecular weight excluding hydrogens is 258 g/mol. The number of aliphatic hydroxyl groups excluding tert-OH is 1. The third-order valence-electron chi connectivity index (χ3n) is 2.92. The molecule has 1 heterocycles. The van der Waals surface area contributed by atoms with E-state index in [-0.39, 0.29) is 17.5 Å². The Balaban J connectivity index is 3.01. The van der Waals surface area contributed by atoms with Gasteiger partial charge in [0.25, 0.3) is 0 Å². The summed E-state index contributed by atoms with van der Waals surface area (Å²) in [7, 11) is -1.80. The molecular formula is C11H19NO3S2. The summed E-state index contributed by atoms with van der Waals surface area (Å²) in [5.41, 5.74) is 0. The van der Waals surface area contributed by atoms with Gasteiger partial charge in [-0.2, -0.15) is 4.31 Å². The Morgan fingerprint density at radius 3 is 2.41 bits per heavy atom. The van der Waals surface area contributed by atoms with E-state index in [1.807, 2.05) is 13.8 Å². The Hall–Kier alpha value is -0.430. The number of thiophene rings is 1. The zero-order valence-electron chi connectivity index (χ0n) is 10.4. The highest BCUT2D eigenvalue weighted by Crippen LogP contribution is 2.24. The van der Waals surface area contributed by atoms with E-state index in [0.29, 0.717) is 4.88 Å². The van der Waals surface area contributed by atoms with Gasteiger partial charge >= 0.3 is 0 Å². The standard InChI is InChI=1S/C11H19NO3S2/c1-4-9(5-2)12(3)17(14,15)11-6-10(7-13)16-8-11/h6,8-9,13H,4-5,7H2,1-3H3. The Kier molecular flexibility index (Phi) is 5.12. The van der Waals surface area contributed by atoms with Crippen molar-refractivity contribution in [2.75, 3.05) is 7.05 Å². The lowest BCUT2D eigenvalue weighted by Gasteiger charge is -2.24. The van der Waals surface area contributed by atoms with Gasteiger partial charge in [-0.15, -0.1) is 11.3 Å². The van der Waals surface area contributed by atoms with Crippen molar-refractivity contribution in [2.45, 2.75) is 44.2 Å². The second-order valence-corrected chi connectivity index (χ2v) is 6.89. The summed E-state index contributed by atoms with van der Waals surface area (Å²) >= 11 is 1.26.